The van der Waals surface area contributed by atoms with Crippen LogP contribution in [0.5, 0.6) is 0 Å². The van der Waals surface area contributed by atoms with Gasteiger partial charge >= 0.3 is 0 Å². The van der Waals surface area contributed by atoms with Crippen LogP contribution in [0.4, 0.5) is 0 Å². The van der Waals surface area contributed by atoms with Gasteiger partial charge in [-0.2, -0.15) is 5.10 Å². The molecule has 0 fully saturated rings. The van der Waals surface area contributed by atoms with Crippen LogP contribution in [0, 0.1) is 6.92 Å². The number of fused-ring (bicyclic) bond motifs is 1. The van der Waals surface area contributed by atoms with Crippen molar-refractivity contribution in [1.82, 2.24) is 19.2 Å². The van der Waals surface area contributed by atoms with Crippen molar-refractivity contribution in [2.24, 2.45) is 14.1 Å². The molecular formula is C21H23ClN4O. The summed E-state index contributed by atoms with van der Waals surface area (Å²) in [6, 6.07) is 9.56. The maximum atomic E-state index is 12.9. The third-order valence-corrected chi connectivity index (χ3v) is 5.69. The number of hydrogen-bond donors (Lipinski definition) is 0. The third kappa shape index (κ3) is 3.33. The summed E-state index contributed by atoms with van der Waals surface area (Å²) >= 11 is 6.35. The highest BCUT2D eigenvalue weighted by atomic mass is 35.5. The zero-order chi connectivity index (χ0) is 19.1. The number of hydrogen-bond acceptors (Lipinski definition) is 3. The summed E-state index contributed by atoms with van der Waals surface area (Å²) in [5.74, 6) is 0. The fourth-order valence-corrected chi connectivity index (χ4v) is 4.18. The molecule has 27 heavy (non-hydrogen) atoms. The van der Waals surface area contributed by atoms with Gasteiger partial charge in [-0.25, -0.2) is 0 Å². The van der Waals surface area contributed by atoms with Crippen LogP contribution in [0.2, 0.25) is 5.02 Å². The first kappa shape index (κ1) is 18.0. The normalized spacial score (nSPS) is 14.4. The lowest BCUT2D eigenvalue weighted by Crippen LogP contribution is -2.35. The molecule has 0 spiro atoms. The van der Waals surface area contributed by atoms with Gasteiger partial charge in [-0.3, -0.25) is 14.4 Å². The van der Waals surface area contributed by atoms with Gasteiger partial charge in [0.25, 0.3) is 5.56 Å². The van der Waals surface area contributed by atoms with Gasteiger partial charge in [-0.1, -0.05) is 29.8 Å². The van der Waals surface area contributed by atoms with Crippen molar-refractivity contribution >= 4 is 11.6 Å². The van der Waals surface area contributed by atoms with Crippen molar-refractivity contribution in [3.63, 3.8) is 0 Å². The van der Waals surface area contributed by atoms with E-state index in [0.29, 0.717) is 10.6 Å². The Morgan fingerprint density at radius 2 is 1.96 bits per heavy atom. The monoisotopic (exact) mass is 382 g/mol. The van der Waals surface area contributed by atoms with Crippen LogP contribution in [-0.2, 0) is 33.6 Å². The molecule has 1 aliphatic heterocycles. The number of benzene rings is 1. The summed E-state index contributed by atoms with van der Waals surface area (Å²) in [5, 5.41) is 5.04. The molecule has 0 unspecified atom stereocenters. The Hall–Kier alpha value is -2.37. The Bertz CT molecular complexity index is 1070. The summed E-state index contributed by atoms with van der Waals surface area (Å²) in [4.78, 5) is 15.3. The fourth-order valence-electron chi connectivity index (χ4n) is 3.94. The Balaban J connectivity index is 1.70. The van der Waals surface area contributed by atoms with Crippen LogP contribution in [0.25, 0.3) is 11.1 Å². The number of halogens is 1. The molecule has 3 heterocycles. The van der Waals surface area contributed by atoms with Gasteiger partial charge in [0.2, 0.25) is 0 Å². The molecular weight excluding hydrogens is 360 g/mol. The average Bonchev–Trinajstić information content (AvgIpc) is 2.96. The van der Waals surface area contributed by atoms with E-state index < -0.39 is 0 Å². The quantitative estimate of drug-likeness (QED) is 0.698. The number of nitrogens with zero attached hydrogens (tertiary/aromatic N) is 4. The summed E-state index contributed by atoms with van der Waals surface area (Å²) in [7, 11) is 3.82. The lowest BCUT2D eigenvalue weighted by atomic mass is 9.99. The number of pyridine rings is 1. The van der Waals surface area contributed by atoms with Gasteiger partial charge in [0.05, 0.1) is 5.69 Å². The minimum absolute atomic E-state index is 0.0124. The lowest BCUT2D eigenvalue weighted by Gasteiger charge is -2.30. The molecule has 0 saturated carbocycles. The van der Waals surface area contributed by atoms with Gasteiger partial charge in [-0.05, 0) is 24.6 Å². The van der Waals surface area contributed by atoms with Crippen molar-refractivity contribution in [2.45, 2.75) is 26.4 Å². The van der Waals surface area contributed by atoms with E-state index in [1.165, 1.54) is 11.1 Å². The molecule has 0 saturated heterocycles. The molecule has 0 amide bonds. The Morgan fingerprint density at radius 3 is 2.67 bits per heavy atom. The molecule has 4 rings (SSSR count). The maximum Gasteiger partial charge on any atom is 0.258 e. The zero-order valence-corrected chi connectivity index (χ0v) is 16.6. The van der Waals surface area contributed by atoms with E-state index in [2.05, 4.69) is 16.2 Å². The average molecular weight is 383 g/mol. The smallest absolute Gasteiger partial charge is 0.258 e. The second-order valence-electron chi connectivity index (χ2n) is 7.25. The highest BCUT2D eigenvalue weighted by Gasteiger charge is 2.22. The van der Waals surface area contributed by atoms with Crippen LogP contribution in [-0.4, -0.2) is 25.8 Å². The predicted octanol–water partition coefficient (Wildman–Crippen LogP) is 3.31. The van der Waals surface area contributed by atoms with E-state index in [0.717, 1.165) is 43.0 Å². The van der Waals surface area contributed by atoms with Crippen LogP contribution in [0.15, 0.2) is 41.3 Å². The molecule has 0 atom stereocenters. The molecule has 3 aromatic rings. The molecule has 140 valence electrons. The van der Waals surface area contributed by atoms with Crippen molar-refractivity contribution in [3.05, 3.63) is 74.4 Å². The first-order valence-corrected chi connectivity index (χ1v) is 9.50. The largest absolute Gasteiger partial charge is 0.315 e. The topological polar surface area (TPSA) is 43.1 Å². The molecule has 0 radical (unpaired) electrons. The van der Waals surface area contributed by atoms with Gasteiger partial charge in [0, 0.05) is 73.8 Å². The predicted molar refractivity (Wildman–Crippen MR) is 108 cm³/mol. The SMILES string of the molecule is Cc1nn(C)cc1CN1CCc2c(cc(-c3ccccc3Cl)c(=O)n2C)C1. The van der Waals surface area contributed by atoms with Crippen LogP contribution in [0.3, 0.4) is 0 Å². The zero-order valence-electron chi connectivity index (χ0n) is 15.9. The summed E-state index contributed by atoms with van der Waals surface area (Å²) in [5.41, 5.74) is 6.11. The molecule has 5 nitrogen and oxygen atoms in total. The van der Waals surface area contributed by atoms with E-state index >= 15 is 0 Å². The van der Waals surface area contributed by atoms with Crippen molar-refractivity contribution in [2.75, 3.05) is 6.54 Å². The lowest BCUT2D eigenvalue weighted by molar-refractivity contribution is 0.240. The van der Waals surface area contributed by atoms with Crippen molar-refractivity contribution in [1.29, 1.82) is 0 Å². The second-order valence-corrected chi connectivity index (χ2v) is 7.66. The highest BCUT2D eigenvalue weighted by Crippen LogP contribution is 2.28. The molecule has 2 aromatic heterocycles. The van der Waals surface area contributed by atoms with Crippen molar-refractivity contribution < 1.29 is 0 Å². The Morgan fingerprint density at radius 1 is 1.19 bits per heavy atom. The van der Waals surface area contributed by atoms with Crippen molar-refractivity contribution in [3.8, 4) is 11.1 Å². The van der Waals surface area contributed by atoms with E-state index in [1.807, 2.05) is 56.0 Å². The van der Waals surface area contributed by atoms with Crippen LogP contribution >= 0.6 is 11.6 Å². The van der Waals surface area contributed by atoms with E-state index in [1.54, 1.807) is 4.57 Å². The number of aryl methyl sites for hydroxylation is 2. The van der Waals surface area contributed by atoms with Crippen LogP contribution in [0.1, 0.15) is 22.5 Å². The first-order chi connectivity index (χ1) is 12.9. The van der Waals surface area contributed by atoms with Crippen LogP contribution < -0.4 is 5.56 Å². The molecule has 6 heteroatoms. The minimum atomic E-state index is 0.0124. The van der Waals surface area contributed by atoms with Gasteiger partial charge in [-0.15, -0.1) is 0 Å². The van der Waals surface area contributed by atoms with Gasteiger partial charge in [0.1, 0.15) is 0 Å². The minimum Gasteiger partial charge on any atom is -0.315 e. The van der Waals surface area contributed by atoms with E-state index in [9.17, 15) is 4.79 Å². The standard InChI is InChI=1S/C21H23ClN4O/c1-14-16(11-24(2)23-14)13-26-9-8-20-15(12-26)10-18(21(27)25(20)3)17-6-4-5-7-19(17)22/h4-7,10-11H,8-9,12-13H2,1-3H3. The van der Waals surface area contributed by atoms with Gasteiger partial charge < -0.3 is 4.57 Å². The summed E-state index contributed by atoms with van der Waals surface area (Å²) < 4.78 is 3.66. The highest BCUT2D eigenvalue weighted by molar-refractivity contribution is 6.33. The third-order valence-electron chi connectivity index (χ3n) is 5.36. The number of rotatable bonds is 3. The molecule has 0 aliphatic carbocycles. The summed E-state index contributed by atoms with van der Waals surface area (Å²) in [6.07, 6.45) is 2.95. The maximum absolute atomic E-state index is 12.9. The summed E-state index contributed by atoms with van der Waals surface area (Å²) in [6.45, 7) is 4.66. The Kier molecular flexibility index (Phi) is 4.66. The molecule has 0 bridgehead atoms. The van der Waals surface area contributed by atoms with Gasteiger partial charge in [0.15, 0.2) is 0 Å². The van der Waals surface area contributed by atoms with E-state index in [4.69, 9.17) is 11.6 Å². The molecule has 1 aliphatic rings. The molecule has 0 N–H and O–H groups in total. The molecule has 1 aromatic carbocycles. The van der Waals surface area contributed by atoms with E-state index in [-0.39, 0.29) is 5.56 Å². The number of aromatic nitrogens is 3. The second kappa shape index (κ2) is 6.98. The fraction of sp³-hybridized carbons (Fsp3) is 0.333. The Labute approximate surface area is 163 Å². The first-order valence-electron chi connectivity index (χ1n) is 9.12.